The van der Waals surface area contributed by atoms with Crippen molar-refractivity contribution in [3.05, 3.63) is 77.4 Å². The van der Waals surface area contributed by atoms with Crippen molar-refractivity contribution in [1.29, 1.82) is 0 Å². The van der Waals surface area contributed by atoms with Gasteiger partial charge in [0.1, 0.15) is 5.69 Å². The van der Waals surface area contributed by atoms with Gasteiger partial charge >= 0.3 is 0 Å². The van der Waals surface area contributed by atoms with Crippen LogP contribution in [-0.4, -0.2) is 22.0 Å². The molecule has 0 saturated carbocycles. The summed E-state index contributed by atoms with van der Waals surface area (Å²) in [6.07, 6.45) is 2.38. The van der Waals surface area contributed by atoms with Crippen molar-refractivity contribution < 1.29 is 14.3 Å². The molecule has 8 heteroatoms. The first kappa shape index (κ1) is 15.2. The summed E-state index contributed by atoms with van der Waals surface area (Å²) in [5, 5.41) is 17.6. The Hall–Kier alpha value is -3.68. The lowest BCUT2D eigenvalue weighted by atomic mass is 10.1. The van der Waals surface area contributed by atoms with Crippen LogP contribution in [-0.2, 0) is 0 Å². The maximum atomic E-state index is 12.0. The van der Waals surface area contributed by atoms with Crippen molar-refractivity contribution in [2.24, 2.45) is 0 Å². The van der Waals surface area contributed by atoms with Gasteiger partial charge in [-0.1, -0.05) is 30.3 Å². The zero-order chi connectivity index (χ0) is 16.9. The van der Waals surface area contributed by atoms with Crippen molar-refractivity contribution in [2.75, 3.05) is 0 Å². The number of carbonyl (C=O) groups is 2. The maximum absolute atomic E-state index is 12.0. The number of H-pyrrole nitrogens is 1. The number of nitrogens with one attached hydrogen (secondary N) is 3. The summed E-state index contributed by atoms with van der Waals surface area (Å²) in [4.78, 5) is 23.9. The first-order valence-electron chi connectivity index (χ1n) is 7.04. The molecule has 0 atom stereocenters. The molecule has 0 aliphatic carbocycles. The number of rotatable bonds is 3. The molecule has 24 heavy (non-hydrogen) atoms. The second-order valence-electron chi connectivity index (χ2n) is 4.89. The Balaban J connectivity index is 1.62. The van der Waals surface area contributed by atoms with Crippen LogP contribution in [0.25, 0.3) is 11.3 Å². The summed E-state index contributed by atoms with van der Waals surface area (Å²) < 4.78 is 0.561. The van der Waals surface area contributed by atoms with Crippen LogP contribution in [0.15, 0.2) is 60.9 Å². The number of hydrazine groups is 1. The van der Waals surface area contributed by atoms with E-state index in [9.17, 15) is 14.8 Å². The molecule has 2 heterocycles. The minimum absolute atomic E-state index is 0.208. The molecule has 120 valence electrons. The van der Waals surface area contributed by atoms with Gasteiger partial charge < -0.3 is 5.21 Å². The largest absolute Gasteiger partial charge is 0.619 e. The van der Waals surface area contributed by atoms with Crippen LogP contribution in [0.1, 0.15) is 20.8 Å². The van der Waals surface area contributed by atoms with Gasteiger partial charge in [-0.15, -0.1) is 0 Å². The molecule has 0 aliphatic rings. The maximum Gasteiger partial charge on any atom is 0.287 e. The monoisotopic (exact) mass is 323 g/mol. The first-order valence-corrected chi connectivity index (χ1v) is 7.04. The van der Waals surface area contributed by atoms with E-state index < -0.39 is 11.8 Å². The standard InChI is InChI=1S/C16H13N5O3/c22-15(12-6-8-21(24)9-7-12)19-20-16(23)14-10-13(17-18-14)11-4-2-1-3-5-11/h1-10H,(H,17,18)(H,19,22)(H,20,23). The predicted molar refractivity (Wildman–Crippen MR) is 84.4 cm³/mol. The van der Waals surface area contributed by atoms with Gasteiger partial charge in [0.25, 0.3) is 11.8 Å². The fourth-order valence-corrected chi connectivity index (χ4v) is 2.01. The molecule has 3 rings (SSSR count). The molecule has 2 amide bonds. The molecular weight excluding hydrogens is 310 g/mol. The van der Waals surface area contributed by atoms with Crippen LogP contribution < -0.4 is 15.6 Å². The highest BCUT2D eigenvalue weighted by Gasteiger charge is 2.13. The summed E-state index contributed by atoms with van der Waals surface area (Å²) in [5.74, 6) is -1.07. The average molecular weight is 323 g/mol. The van der Waals surface area contributed by atoms with Gasteiger partial charge in [0.2, 0.25) is 0 Å². The van der Waals surface area contributed by atoms with Gasteiger partial charge in [-0.25, -0.2) is 0 Å². The Labute approximate surface area is 136 Å². The van der Waals surface area contributed by atoms with Gasteiger partial charge in [0, 0.05) is 17.7 Å². The Morgan fingerprint density at radius 1 is 1.00 bits per heavy atom. The second kappa shape index (κ2) is 6.61. The summed E-state index contributed by atoms with van der Waals surface area (Å²) in [6, 6.07) is 13.6. The Bertz CT molecular complexity index is 859. The van der Waals surface area contributed by atoms with E-state index >= 15 is 0 Å². The van der Waals surface area contributed by atoms with E-state index in [4.69, 9.17) is 0 Å². The average Bonchev–Trinajstić information content (AvgIpc) is 3.11. The minimum Gasteiger partial charge on any atom is -0.619 e. The predicted octanol–water partition coefficient (Wildman–Crippen LogP) is 0.785. The molecule has 3 N–H and O–H groups in total. The van der Waals surface area contributed by atoms with Gasteiger partial charge in [-0.3, -0.25) is 25.5 Å². The third-order valence-electron chi connectivity index (χ3n) is 3.25. The van der Waals surface area contributed by atoms with E-state index in [1.54, 1.807) is 6.07 Å². The van der Waals surface area contributed by atoms with Crippen LogP contribution in [0.5, 0.6) is 0 Å². The Kier molecular flexibility index (Phi) is 4.19. The lowest BCUT2D eigenvalue weighted by Crippen LogP contribution is -2.42. The van der Waals surface area contributed by atoms with Crippen molar-refractivity contribution in [1.82, 2.24) is 21.0 Å². The number of nitrogens with zero attached hydrogens (tertiary/aromatic N) is 2. The number of pyridine rings is 1. The molecule has 1 aromatic carbocycles. The van der Waals surface area contributed by atoms with Crippen LogP contribution in [0, 0.1) is 5.21 Å². The quantitative estimate of drug-likeness (QED) is 0.375. The Morgan fingerprint density at radius 2 is 1.67 bits per heavy atom. The van der Waals surface area contributed by atoms with E-state index in [2.05, 4.69) is 21.0 Å². The van der Waals surface area contributed by atoms with Gasteiger partial charge in [0.05, 0.1) is 11.3 Å². The highest BCUT2D eigenvalue weighted by Crippen LogP contribution is 2.16. The van der Waals surface area contributed by atoms with Crippen LogP contribution in [0.3, 0.4) is 0 Å². The van der Waals surface area contributed by atoms with E-state index in [0.29, 0.717) is 10.4 Å². The molecule has 0 unspecified atom stereocenters. The topological polar surface area (TPSA) is 114 Å². The van der Waals surface area contributed by atoms with Gasteiger partial charge in [-0.2, -0.15) is 9.83 Å². The van der Waals surface area contributed by atoms with Gasteiger partial charge in [0.15, 0.2) is 12.4 Å². The van der Waals surface area contributed by atoms with Crippen LogP contribution in [0.4, 0.5) is 0 Å². The number of aromatic amines is 1. The number of aromatic nitrogens is 3. The molecule has 3 aromatic rings. The van der Waals surface area contributed by atoms with E-state index in [-0.39, 0.29) is 11.3 Å². The third kappa shape index (κ3) is 3.38. The highest BCUT2D eigenvalue weighted by atomic mass is 16.5. The molecule has 0 saturated heterocycles. The highest BCUT2D eigenvalue weighted by molar-refractivity contribution is 5.98. The summed E-state index contributed by atoms with van der Waals surface area (Å²) in [5.41, 5.74) is 6.49. The minimum atomic E-state index is -0.535. The number of carbonyl (C=O) groups excluding carboxylic acids is 2. The number of amides is 2. The Morgan fingerprint density at radius 3 is 2.38 bits per heavy atom. The van der Waals surface area contributed by atoms with Crippen LogP contribution >= 0.6 is 0 Å². The molecule has 0 bridgehead atoms. The molecule has 8 nitrogen and oxygen atoms in total. The summed E-state index contributed by atoms with van der Waals surface area (Å²) >= 11 is 0. The molecule has 0 radical (unpaired) electrons. The molecule has 0 fully saturated rings. The number of hydrogen-bond donors (Lipinski definition) is 3. The van der Waals surface area contributed by atoms with E-state index in [1.165, 1.54) is 24.5 Å². The van der Waals surface area contributed by atoms with E-state index in [1.807, 2.05) is 30.3 Å². The van der Waals surface area contributed by atoms with E-state index in [0.717, 1.165) is 5.56 Å². The SMILES string of the molecule is O=C(NNC(=O)c1cc(-c2ccccc2)n[nH]1)c1cc[n+]([O-])cc1. The molecule has 2 aromatic heterocycles. The lowest BCUT2D eigenvalue weighted by molar-refractivity contribution is -0.605. The normalized spacial score (nSPS) is 10.2. The van der Waals surface area contributed by atoms with Gasteiger partial charge in [-0.05, 0) is 6.07 Å². The van der Waals surface area contributed by atoms with Crippen molar-refractivity contribution >= 4 is 11.8 Å². The summed E-state index contributed by atoms with van der Waals surface area (Å²) in [6.45, 7) is 0. The fraction of sp³-hybridized carbons (Fsp3) is 0. The third-order valence-corrected chi connectivity index (χ3v) is 3.25. The van der Waals surface area contributed by atoms with Crippen molar-refractivity contribution in [2.45, 2.75) is 0 Å². The second-order valence-corrected chi connectivity index (χ2v) is 4.89. The zero-order valence-electron chi connectivity index (χ0n) is 12.4. The summed E-state index contributed by atoms with van der Waals surface area (Å²) in [7, 11) is 0. The number of hydrogen-bond acceptors (Lipinski definition) is 4. The van der Waals surface area contributed by atoms with Crippen molar-refractivity contribution in [3.8, 4) is 11.3 Å². The molecular formula is C16H13N5O3. The van der Waals surface area contributed by atoms with Crippen LogP contribution in [0.2, 0.25) is 0 Å². The fourth-order valence-electron chi connectivity index (χ4n) is 2.01. The molecule has 0 spiro atoms. The molecule has 0 aliphatic heterocycles. The zero-order valence-corrected chi connectivity index (χ0v) is 12.4. The first-order chi connectivity index (χ1) is 11.6. The van der Waals surface area contributed by atoms with Crippen molar-refractivity contribution in [3.63, 3.8) is 0 Å². The number of benzene rings is 1. The lowest BCUT2D eigenvalue weighted by Gasteiger charge is -2.05. The smallest absolute Gasteiger partial charge is 0.287 e.